The third kappa shape index (κ3) is 3.71. The van der Waals surface area contributed by atoms with E-state index in [0.29, 0.717) is 10.8 Å². The van der Waals surface area contributed by atoms with Crippen molar-refractivity contribution in [1.29, 1.82) is 0 Å². The fourth-order valence-electron chi connectivity index (χ4n) is 4.08. The molecule has 2 aliphatic rings. The molecule has 0 radical (unpaired) electrons. The maximum Gasteiger partial charge on any atom is 0.00749 e. The van der Waals surface area contributed by atoms with Crippen molar-refractivity contribution in [2.24, 2.45) is 16.7 Å². The highest BCUT2D eigenvalue weighted by atomic mass is 14.9. The molecule has 1 N–H and O–H groups in total. The summed E-state index contributed by atoms with van der Waals surface area (Å²) in [5.41, 5.74) is 1.26. The first-order valence-electron chi connectivity index (χ1n) is 7.68. The second kappa shape index (κ2) is 4.91. The average molecular weight is 237 g/mol. The van der Waals surface area contributed by atoms with Crippen LogP contribution in [0.4, 0.5) is 0 Å². The van der Waals surface area contributed by atoms with Gasteiger partial charge in [0.25, 0.3) is 0 Å². The number of hydrogen-bond donors (Lipinski definition) is 1. The maximum absolute atomic E-state index is 3.90. The van der Waals surface area contributed by atoms with Gasteiger partial charge >= 0.3 is 0 Å². The zero-order chi connectivity index (χ0) is 12.5. The highest BCUT2D eigenvalue weighted by Crippen LogP contribution is 2.49. The fourth-order valence-corrected chi connectivity index (χ4v) is 4.08. The standard InChI is InChI=1S/C16H31N/c1-5-6-16(7-8-16)12-17-14-9-13(2)10-15(3,4)11-14/h13-14,17H,5-12H2,1-4H3. The van der Waals surface area contributed by atoms with Gasteiger partial charge in [0.15, 0.2) is 0 Å². The molecule has 0 aliphatic heterocycles. The van der Waals surface area contributed by atoms with Crippen LogP contribution in [0.25, 0.3) is 0 Å². The second-order valence-electron chi connectivity index (χ2n) is 7.74. The van der Waals surface area contributed by atoms with Crippen molar-refractivity contribution in [1.82, 2.24) is 5.32 Å². The first kappa shape index (κ1) is 13.4. The minimum atomic E-state index is 0.552. The zero-order valence-corrected chi connectivity index (χ0v) is 12.3. The quantitative estimate of drug-likeness (QED) is 0.748. The molecule has 2 rings (SSSR count). The van der Waals surface area contributed by atoms with E-state index in [2.05, 4.69) is 33.0 Å². The molecule has 1 nitrogen and oxygen atoms in total. The number of nitrogens with one attached hydrogen (secondary N) is 1. The van der Waals surface area contributed by atoms with Gasteiger partial charge in [-0.1, -0.05) is 34.1 Å². The third-order valence-corrected chi connectivity index (χ3v) is 4.89. The summed E-state index contributed by atoms with van der Waals surface area (Å²) in [6, 6.07) is 0.781. The summed E-state index contributed by atoms with van der Waals surface area (Å²) in [6.45, 7) is 10.9. The Morgan fingerprint density at radius 2 is 1.88 bits per heavy atom. The molecule has 100 valence electrons. The summed E-state index contributed by atoms with van der Waals surface area (Å²) in [4.78, 5) is 0. The van der Waals surface area contributed by atoms with Gasteiger partial charge < -0.3 is 5.32 Å². The van der Waals surface area contributed by atoms with E-state index in [1.165, 1.54) is 51.5 Å². The molecule has 0 bridgehead atoms. The summed E-state index contributed by atoms with van der Waals surface area (Å²) in [5.74, 6) is 0.901. The minimum Gasteiger partial charge on any atom is -0.313 e. The van der Waals surface area contributed by atoms with Crippen LogP contribution < -0.4 is 5.32 Å². The Labute approximate surface area is 108 Å². The van der Waals surface area contributed by atoms with E-state index in [1.807, 2.05) is 0 Å². The van der Waals surface area contributed by atoms with Gasteiger partial charge in [-0.25, -0.2) is 0 Å². The van der Waals surface area contributed by atoms with Crippen LogP contribution in [0.3, 0.4) is 0 Å². The third-order valence-electron chi connectivity index (χ3n) is 4.89. The van der Waals surface area contributed by atoms with Gasteiger partial charge in [0.05, 0.1) is 0 Å². The van der Waals surface area contributed by atoms with Crippen LogP contribution in [0.15, 0.2) is 0 Å². The minimum absolute atomic E-state index is 0.552. The molecule has 1 heteroatoms. The van der Waals surface area contributed by atoms with Crippen LogP contribution in [0.5, 0.6) is 0 Å². The van der Waals surface area contributed by atoms with Gasteiger partial charge in [0, 0.05) is 12.6 Å². The van der Waals surface area contributed by atoms with Crippen molar-refractivity contribution in [2.45, 2.75) is 78.7 Å². The highest BCUT2D eigenvalue weighted by molar-refractivity contribution is 4.96. The largest absolute Gasteiger partial charge is 0.313 e. The molecule has 0 aromatic rings. The Kier molecular flexibility index (Phi) is 3.87. The molecule has 0 saturated heterocycles. The summed E-state index contributed by atoms with van der Waals surface area (Å²) in [7, 11) is 0. The number of hydrogen-bond acceptors (Lipinski definition) is 1. The molecular weight excluding hydrogens is 206 g/mol. The van der Waals surface area contributed by atoms with Crippen molar-refractivity contribution in [2.75, 3.05) is 6.54 Å². The van der Waals surface area contributed by atoms with E-state index in [0.717, 1.165) is 12.0 Å². The van der Waals surface area contributed by atoms with E-state index >= 15 is 0 Å². The molecule has 0 aromatic carbocycles. The first-order chi connectivity index (χ1) is 7.95. The Morgan fingerprint density at radius 1 is 1.18 bits per heavy atom. The Bertz CT molecular complexity index is 252. The van der Waals surface area contributed by atoms with E-state index in [9.17, 15) is 0 Å². The van der Waals surface area contributed by atoms with Crippen LogP contribution >= 0.6 is 0 Å². The van der Waals surface area contributed by atoms with Crippen LogP contribution in [0.2, 0.25) is 0 Å². The van der Waals surface area contributed by atoms with Crippen molar-refractivity contribution in [3.8, 4) is 0 Å². The summed E-state index contributed by atoms with van der Waals surface area (Å²) >= 11 is 0. The summed E-state index contributed by atoms with van der Waals surface area (Å²) in [6.07, 6.45) is 9.91. The van der Waals surface area contributed by atoms with Gasteiger partial charge in [0.2, 0.25) is 0 Å². The molecule has 2 fully saturated rings. The van der Waals surface area contributed by atoms with Crippen LogP contribution in [-0.4, -0.2) is 12.6 Å². The zero-order valence-electron chi connectivity index (χ0n) is 12.3. The van der Waals surface area contributed by atoms with Crippen molar-refractivity contribution >= 4 is 0 Å². The lowest BCUT2D eigenvalue weighted by atomic mass is 9.70. The lowest BCUT2D eigenvalue weighted by molar-refractivity contribution is 0.147. The predicted octanol–water partition coefficient (Wildman–Crippen LogP) is 4.37. The number of rotatable bonds is 5. The SMILES string of the molecule is CCCC1(CNC2CC(C)CC(C)(C)C2)CC1. The van der Waals surface area contributed by atoms with Gasteiger partial charge in [0.1, 0.15) is 0 Å². The summed E-state index contributed by atoms with van der Waals surface area (Å²) < 4.78 is 0. The second-order valence-corrected chi connectivity index (χ2v) is 7.74. The Balaban J connectivity index is 1.79. The highest BCUT2D eigenvalue weighted by Gasteiger charge is 2.42. The van der Waals surface area contributed by atoms with E-state index in [1.54, 1.807) is 0 Å². The predicted molar refractivity (Wildman–Crippen MR) is 75.2 cm³/mol. The van der Waals surface area contributed by atoms with E-state index in [-0.39, 0.29) is 0 Å². The first-order valence-corrected chi connectivity index (χ1v) is 7.68. The normalized spacial score (nSPS) is 34.6. The van der Waals surface area contributed by atoms with Crippen LogP contribution in [-0.2, 0) is 0 Å². The van der Waals surface area contributed by atoms with E-state index < -0.39 is 0 Å². The van der Waals surface area contributed by atoms with Gasteiger partial charge in [-0.2, -0.15) is 0 Å². The average Bonchev–Trinajstić information content (AvgIpc) is 2.93. The molecule has 0 heterocycles. The molecule has 2 atom stereocenters. The van der Waals surface area contributed by atoms with Gasteiger partial charge in [-0.3, -0.25) is 0 Å². The lowest BCUT2D eigenvalue weighted by Gasteiger charge is -2.40. The van der Waals surface area contributed by atoms with Crippen molar-refractivity contribution < 1.29 is 0 Å². The Morgan fingerprint density at radius 3 is 2.41 bits per heavy atom. The molecular formula is C16H31N. The molecule has 0 amide bonds. The molecule has 2 unspecified atom stereocenters. The molecule has 17 heavy (non-hydrogen) atoms. The van der Waals surface area contributed by atoms with Crippen molar-refractivity contribution in [3.63, 3.8) is 0 Å². The Hall–Kier alpha value is -0.0400. The van der Waals surface area contributed by atoms with Crippen LogP contribution in [0, 0.1) is 16.7 Å². The van der Waals surface area contributed by atoms with Crippen molar-refractivity contribution in [3.05, 3.63) is 0 Å². The maximum atomic E-state index is 3.90. The van der Waals surface area contributed by atoms with Gasteiger partial charge in [-0.05, 0) is 55.3 Å². The lowest BCUT2D eigenvalue weighted by Crippen LogP contribution is -2.42. The monoisotopic (exact) mass is 237 g/mol. The summed E-state index contributed by atoms with van der Waals surface area (Å²) in [5, 5.41) is 3.90. The molecule has 2 saturated carbocycles. The molecule has 0 spiro atoms. The smallest absolute Gasteiger partial charge is 0.00749 e. The van der Waals surface area contributed by atoms with Crippen LogP contribution in [0.1, 0.15) is 72.6 Å². The fraction of sp³-hybridized carbons (Fsp3) is 1.00. The van der Waals surface area contributed by atoms with Gasteiger partial charge in [-0.15, -0.1) is 0 Å². The molecule has 2 aliphatic carbocycles. The molecule has 0 aromatic heterocycles. The van der Waals surface area contributed by atoms with E-state index in [4.69, 9.17) is 0 Å². The topological polar surface area (TPSA) is 12.0 Å².